The molecule has 2 aromatic heterocycles. The Morgan fingerprint density at radius 1 is 1.11 bits per heavy atom. The Balaban J connectivity index is 1.49. The third-order valence-electron chi connectivity index (χ3n) is 4.77. The van der Waals surface area contributed by atoms with Gasteiger partial charge in [0.1, 0.15) is 5.82 Å². The summed E-state index contributed by atoms with van der Waals surface area (Å²) in [4.78, 5) is 39.2. The molecule has 1 atom stereocenters. The van der Waals surface area contributed by atoms with Gasteiger partial charge in [-0.1, -0.05) is 6.07 Å². The summed E-state index contributed by atoms with van der Waals surface area (Å²) >= 11 is 0. The second-order valence-electron chi connectivity index (χ2n) is 6.70. The summed E-state index contributed by atoms with van der Waals surface area (Å²) in [6.07, 6.45) is 4.58. The van der Waals surface area contributed by atoms with Gasteiger partial charge >= 0.3 is 0 Å². The largest absolute Gasteiger partial charge is 0.310 e. The first-order valence-electron chi connectivity index (χ1n) is 9.09. The molecule has 3 heterocycles. The van der Waals surface area contributed by atoms with Crippen LogP contribution in [0.1, 0.15) is 25.5 Å². The average molecular weight is 368 g/mol. The molecular formula is C19H24N6O2. The van der Waals surface area contributed by atoms with Crippen LogP contribution in [0.15, 0.2) is 36.7 Å². The number of pyridine rings is 1. The number of nitrogens with one attached hydrogen (secondary N) is 2. The summed E-state index contributed by atoms with van der Waals surface area (Å²) < 4.78 is 0. The van der Waals surface area contributed by atoms with Crippen LogP contribution in [0.5, 0.6) is 0 Å². The van der Waals surface area contributed by atoms with Crippen molar-refractivity contribution in [3.05, 3.63) is 42.4 Å². The number of aromatic nitrogens is 3. The maximum absolute atomic E-state index is 12.5. The topological polar surface area (TPSA) is 100 Å². The van der Waals surface area contributed by atoms with Crippen molar-refractivity contribution in [2.75, 3.05) is 23.7 Å². The standard InChI is InChI=1S/C19H24N6O2/c1-13-5-3-6-16(22-13)23-18(27)15-7-11-25(12-8-15)14(2)17(26)24-19-20-9-4-10-21-19/h3-6,9-10,14-15H,7-8,11-12H2,1-2H3,(H,22,23,27)(H,20,21,24,26). The lowest BCUT2D eigenvalue weighted by molar-refractivity contribution is -0.123. The number of likely N-dealkylation sites (tertiary alicyclic amines) is 1. The molecule has 0 saturated carbocycles. The molecule has 2 N–H and O–H groups in total. The van der Waals surface area contributed by atoms with Crippen LogP contribution in [-0.4, -0.2) is 50.8 Å². The van der Waals surface area contributed by atoms with Crippen molar-refractivity contribution in [3.63, 3.8) is 0 Å². The van der Waals surface area contributed by atoms with Crippen molar-refractivity contribution in [2.24, 2.45) is 5.92 Å². The molecule has 1 unspecified atom stereocenters. The van der Waals surface area contributed by atoms with E-state index in [1.165, 1.54) is 0 Å². The van der Waals surface area contributed by atoms with E-state index in [9.17, 15) is 9.59 Å². The predicted molar refractivity (Wildman–Crippen MR) is 102 cm³/mol. The molecule has 142 valence electrons. The summed E-state index contributed by atoms with van der Waals surface area (Å²) in [5.41, 5.74) is 0.866. The van der Waals surface area contributed by atoms with Gasteiger partial charge in [-0.15, -0.1) is 0 Å². The average Bonchev–Trinajstić information content (AvgIpc) is 2.68. The molecule has 2 amide bonds. The molecule has 8 heteroatoms. The van der Waals surface area contributed by atoms with Crippen molar-refractivity contribution in [3.8, 4) is 0 Å². The lowest BCUT2D eigenvalue weighted by Crippen LogP contribution is -2.47. The van der Waals surface area contributed by atoms with Gasteiger partial charge in [0, 0.05) is 24.0 Å². The molecular weight excluding hydrogens is 344 g/mol. The van der Waals surface area contributed by atoms with Crippen molar-refractivity contribution >= 4 is 23.6 Å². The Labute approximate surface area is 158 Å². The second-order valence-corrected chi connectivity index (χ2v) is 6.70. The quantitative estimate of drug-likeness (QED) is 0.835. The van der Waals surface area contributed by atoms with E-state index < -0.39 is 0 Å². The molecule has 0 aromatic carbocycles. The normalized spacial score (nSPS) is 16.5. The van der Waals surface area contributed by atoms with E-state index in [2.05, 4.69) is 30.5 Å². The molecule has 0 spiro atoms. The number of hydrogen-bond acceptors (Lipinski definition) is 6. The third-order valence-corrected chi connectivity index (χ3v) is 4.77. The number of amides is 2. The third kappa shape index (κ3) is 5.07. The Bertz CT molecular complexity index is 790. The summed E-state index contributed by atoms with van der Waals surface area (Å²) in [7, 11) is 0. The maximum atomic E-state index is 12.5. The van der Waals surface area contributed by atoms with Crippen LogP contribution in [0.25, 0.3) is 0 Å². The van der Waals surface area contributed by atoms with E-state index in [1.807, 2.05) is 26.0 Å². The monoisotopic (exact) mass is 368 g/mol. The van der Waals surface area contributed by atoms with Crippen molar-refractivity contribution < 1.29 is 9.59 Å². The van der Waals surface area contributed by atoms with Crippen LogP contribution in [0.2, 0.25) is 0 Å². The fraction of sp³-hybridized carbons (Fsp3) is 0.421. The van der Waals surface area contributed by atoms with Crippen LogP contribution in [0, 0.1) is 12.8 Å². The highest BCUT2D eigenvalue weighted by Gasteiger charge is 2.30. The maximum Gasteiger partial charge on any atom is 0.243 e. The van der Waals surface area contributed by atoms with E-state index in [0.717, 1.165) is 5.69 Å². The Morgan fingerprint density at radius 3 is 2.48 bits per heavy atom. The van der Waals surface area contributed by atoms with E-state index in [0.29, 0.717) is 37.7 Å². The van der Waals surface area contributed by atoms with Crippen LogP contribution < -0.4 is 10.6 Å². The SMILES string of the molecule is Cc1cccc(NC(=O)C2CCN(C(C)C(=O)Nc3ncccn3)CC2)n1. The van der Waals surface area contributed by atoms with Crippen molar-refractivity contribution in [2.45, 2.75) is 32.7 Å². The highest BCUT2D eigenvalue weighted by Crippen LogP contribution is 2.21. The summed E-state index contributed by atoms with van der Waals surface area (Å²) in [5.74, 6) is 0.652. The van der Waals surface area contributed by atoms with Crippen LogP contribution in [0.3, 0.4) is 0 Å². The number of nitrogens with zero attached hydrogens (tertiary/aromatic N) is 4. The van der Waals surface area contributed by atoms with Gasteiger partial charge in [0.05, 0.1) is 6.04 Å². The molecule has 1 aliphatic rings. The number of hydrogen-bond donors (Lipinski definition) is 2. The molecule has 27 heavy (non-hydrogen) atoms. The first kappa shape index (κ1) is 18.9. The minimum absolute atomic E-state index is 0.0115. The fourth-order valence-electron chi connectivity index (χ4n) is 3.13. The number of anilines is 2. The lowest BCUT2D eigenvalue weighted by atomic mass is 9.95. The molecule has 2 aromatic rings. The molecule has 0 aliphatic carbocycles. The summed E-state index contributed by atoms with van der Waals surface area (Å²) in [6.45, 7) is 5.11. The van der Waals surface area contributed by atoms with Crippen molar-refractivity contribution in [1.29, 1.82) is 0 Å². The molecule has 3 rings (SSSR count). The first-order chi connectivity index (χ1) is 13.0. The fourth-order valence-corrected chi connectivity index (χ4v) is 3.13. The summed E-state index contributed by atoms with van der Waals surface area (Å²) in [6, 6.07) is 6.94. The summed E-state index contributed by atoms with van der Waals surface area (Å²) in [5, 5.41) is 5.61. The van der Waals surface area contributed by atoms with Crippen molar-refractivity contribution in [1.82, 2.24) is 19.9 Å². The van der Waals surface area contributed by atoms with E-state index in [-0.39, 0.29) is 23.8 Å². The molecule has 1 fully saturated rings. The van der Waals surface area contributed by atoms with Crippen LogP contribution in [-0.2, 0) is 9.59 Å². The highest BCUT2D eigenvalue weighted by molar-refractivity contribution is 5.93. The second kappa shape index (κ2) is 8.68. The van der Waals surface area contributed by atoms with Gasteiger partial charge in [0.25, 0.3) is 0 Å². The molecule has 1 aliphatic heterocycles. The molecule has 0 bridgehead atoms. The molecule has 1 saturated heterocycles. The van der Waals surface area contributed by atoms with Gasteiger partial charge in [0.2, 0.25) is 17.8 Å². The van der Waals surface area contributed by atoms with E-state index in [1.54, 1.807) is 24.5 Å². The lowest BCUT2D eigenvalue weighted by Gasteiger charge is -2.34. The highest BCUT2D eigenvalue weighted by atomic mass is 16.2. The Morgan fingerprint density at radius 2 is 1.81 bits per heavy atom. The smallest absolute Gasteiger partial charge is 0.243 e. The number of piperidine rings is 1. The Kier molecular flexibility index (Phi) is 6.08. The number of carbonyl (C=O) groups is 2. The van der Waals surface area contributed by atoms with Gasteiger partial charge in [-0.05, 0) is 58.0 Å². The van der Waals surface area contributed by atoms with Crippen LogP contribution in [0.4, 0.5) is 11.8 Å². The zero-order valence-corrected chi connectivity index (χ0v) is 15.6. The van der Waals surface area contributed by atoms with E-state index in [4.69, 9.17) is 0 Å². The number of rotatable bonds is 5. The zero-order valence-electron chi connectivity index (χ0n) is 15.6. The minimum Gasteiger partial charge on any atom is -0.310 e. The predicted octanol–water partition coefficient (Wildman–Crippen LogP) is 1.86. The number of carbonyl (C=O) groups excluding carboxylic acids is 2. The van der Waals surface area contributed by atoms with Gasteiger partial charge in [-0.25, -0.2) is 15.0 Å². The minimum atomic E-state index is -0.309. The Hall–Kier alpha value is -2.87. The van der Waals surface area contributed by atoms with Crippen LogP contribution >= 0.6 is 0 Å². The van der Waals surface area contributed by atoms with Gasteiger partial charge in [-0.3, -0.25) is 19.8 Å². The van der Waals surface area contributed by atoms with Gasteiger partial charge in [-0.2, -0.15) is 0 Å². The number of aryl methyl sites for hydroxylation is 1. The first-order valence-corrected chi connectivity index (χ1v) is 9.09. The van der Waals surface area contributed by atoms with Gasteiger partial charge < -0.3 is 5.32 Å². The molecule has 0 radical (unpaired) electrons. The zero-order chi connectivity index (χ0) is 19.2. The van der Waals surface area contributed by atoms with E-state index >= 15 is 0 Å². The van der Waals surface area contributed by atoms with Gasteiger partial charge in [0.15, 0.2) is 0 Å². The molecule has 8 nitrogen and oxygen atoms in total.